The smallest absolute Gasteiger partial charge is 0.463 e. The second kappa shape index (κ2) is 20.2. The van der Waals surface area contributed by atoms with Gasteiger partial charge in [0.2, 0.25) is 0 Å². The zero-order valence-electron chi connectivity index (χ0n) is 32.3. The number of phosphoric acid groups is 2. The van der Waals surface area contributed by atoms with E-state index in [-0.39, 0.29) is 39.6 Å². The highest BCUT2D eigenvalue weighted by Gasteiger charge is 2.42. The molecule has 49 heavy (non-hydrogen) atoms. The molecule has 0 radical (unpaired) electrons. The highest BCUT2D eigenvalue weighted by molar-refractivity contribution is 7.47. The van der Waals surface area contributed by atoms with Gasteiger partial charge in [-0.15, -0.1) is 0 Å². The molecule has 0 rings (SSSR count). The van der Waals surface area contributed by atoms with Gasteiger partial charge in [-0.05, 0) is 51.4 Å². The fourth-order valence-corrected chi connectivity index (χ4v) is 21.4. The largest absolute Gasteiger partial charge is 0.472 e. The molecule has 0 saturated heterocycles. The van der Waals surface area contributed by atoms with Crippen LogP contribution in [0.1, 0.15) is 13.8 Å². The van der Waals surface area contributed by atoms with Crippen LogP contribution in [0.3, 0.4) is 0 Å². The number of rotatable bonds is 26. The van der Waals surface area contributed by atoms with Crippen LogP contribution in [0.2, 0.25) is 51.4 Å². The van der Waals surface area contributed by atoms with E-state index in [0.29, 0.717) is 34.1 Å². The lowest BCUT2D eigenvalue weighted by atomic mass is 10.2. The lowest BCUT2D eigenvalue weighted by Crippen LogP contribution is -2.53. The Balaban J connectivity index is 4.71. The van der Waals surface area contributed by atoms with Crippen molar-refractivity contribution in [2.75, 3.05) is 95.0 Å². The standard InChI is InChI=1S/C28H64N2O14P2Si3/c1-25(27(31)37-19-21-41-45(33,34)39-17-15-29(3,4)5)23-47(9,10)43-49(13,14)44-48(11,12)24-26(2)28(32)38-20-22-42-46(35,36)40-18-16-30(6,7)8/h25-26H,15-24H2,1-14H3/p+2. The van der Waals surface area contributed by atoms with Crippen molar-refractivity contribution in [1.29, 1.82) is 0 Å². The number of nitrogens with zero attached hydrogens (tertiary/aromatic N) is 2. The van der Waals surface area contributed by atoms with Crippen LogP contribution >= 0.6 is 15.6 Å². The van der Waals surface area contributed by atoms with Gasteiger partial charge in [0, 0.05) is 0 Å². The third-order valence-electron chi connectivity index (χ3n) is 6.64. The van der Waals surface area contributed by atoms with Crippen molar-refractivity contribution >= 4 is 52.8 Å². The first kappa shape index (κ1) is 48.7. The maximum Gasteiger partial charge on any atom is 0.472 e. The van der Waals surface area contributed by atoms with Gasteiger partial charge in [0.25, 0.3) is 0 Å². The molecule has 0 aliphatic carbocycles. The van der Waals surface area contributed by atoms with Gasteiger partial charge in [0.1, 0.15) is 39.5 Å². The Labute approximate surface area is 297 Å². The second-order valence-electron chi connectivity index (χ2n) is 16.0. The minimum atomic E-state index is -4.24. The van der Waals surface area contributed by atoms with Gasteiger partial charge >= 0.3 is 36.1 Å². The van der Waals surface area contributed by atoms with Crippen LogP contribution in [-0.4, -0.2) is 151 Å². The van der Waals surface area contributed by atoms with Crippen molar-refractivity contribution in [3.63, 3.8) is 0 Å². The number of hydrogen-bond acceptors (Lipinski definition) is 12. The number of likely N-dealkylation sites (N-methyl/N-ethyl adjacent to an activating group) is 2. The molecule has 0 aliphatic heterocycles. The summed E-state index contributed by atoms with van der Waals surface area (Å²) in [5.41, 5.74) is 0. The molecule has 21 heteroatoms. The summed E-state index contributed by atoms with van der Waals surface area (Å²) in [5.74, 6) is -1.89. The van der Waals surface area contributed by atoms with Crippen molar-refractivity contribution in [3.05, 3.63) is 0 Å². The fraction of sp³-hybridized carbons (Fsp3) is 0.929. The summed E-state index contributed by atoms with van der Waals surface area (Å²) < 4.78 is 68.6. The number of quaternary nitrogens is 2. The Kier molecular flexibility index (Phi) is 20.1. The quantitative estimate of drug-likeness (QED) is 0.0418. The normalized spacial score (nSPS) is 17.1. The maximum atomic E-state index is 12.7. The SMILES string of the molecule is CC(C[Si](C)(C)O[Si](C)(C)O[Si](C)(C)CC(C)C(=O)OCCOP(=O)(O)OCC[N+](C)(C)C)C(=O)OCCOP(=O)(O)OCC[N+](C)(C)C. The van der Waals surface area contributed by atoms with Gasteiger partial charge in [0.15, 0.2) is 16.6 Å². The predicted octanol–water partition coefficient (Wildman–Crippen LogP) is 4.17. The second-order valence-corrected chi connectivity index (χ2v) is 31.2. The molecular formula is C28H66N2O14P2Si3+2. The average molecular weight is 801 g/mol. The van der Waals surface area contributed by atoms with Crippen LogP contribution in [0, 0.1) is 11.8 Å². The van der Waals surface area contributed by atoms with E-state index in [9.17, 15) is 28.5 Å². The predicted molar refractivity (Wildman–Crippen MR) is 194 cm³/mol. The van der Waals surface area contributed by atoms with Crippen LogP contribution < -0.4 is 0 Å². The molecule has 0 bridgehead atoms. The van der Waals surface area contributed by atoms with E-state index in [4.69, 9.17) is 35.8 Å². The van der Waals surface area contributed by atoms with Gasteiger partial charge < -0.3 is 36.5 Å². The van der Waals surface area contributed by atoms with E-state index >= 15 is 0 Å². The Morgan fingerprint density at radius 1 is 0.571 bits per heavy atom. The molecule has 0 spiro atoms. The van der Waals surface area contributed by atoms with Gasteiger partial charge in [0.05, 0.1) is 67.3 Å². The number of carbonyl (C=O) groups is 2. The Morgan fingerprint density at radius 3 is 1.14 bits per heavy atom. The molecule has 0 aromatic rings. The molecule has 0 fully saturated rings. The van der Waals surface area contributed by atoms with E-state index in [1.54, 1.807) is 13.8 Å². The van der Waals surface area contributed by atoms with E-state index in [0.717, 1.165) is 0 Å². The zero-order chi connectivity index (χ0) is 38.5. The average Bonchev–Trinajstić information content (AvgIpc) is 2.84. The van der Waals surface area contributed by atoms with Crippen molar-refractivity contribution in [2.45, 2.75) is 65.2 Å². The molecule has 2 N–H and O–H groups in total. The number of carbonyl (C=O) groups excluding carboxylic acids is 2. The Hall–Kier alpha value is -0.349. The molecule has 4 unspecified atom stereocenters. The molecule has 0 saturated carbocycles. The van der Waals surface area contributed by atoms with Crippen LogP contribution in [0.25, 0.3) is 0 Å². The summed E-state index contributed by atoms with van der Waals surface area (Å²) in [6.07, 6.45) is 0. The molecule has 0 aliphatic rings. The minimum absolute atomic E-state index is 0.0463. The molecule has 16 nitrogen and oxygen atoms in total. The molecule has 0 aromatic carbocycles. The Morgan fingerprint density at radius 2 is 0.857 bits per heavy atom. The van der Waals surface area contributed by atoms with Crippen LogP contribution in [0.5, 0.6) is 0 Å². The van der Waals surface area contributed by atoms with Crippen molar-refractivity contribution in [2.24, 2.45) is 11.8 Å². The van der Waals surface area contributed by atoms with Crippen LogP contribution in [0.4, 0.5) is 0 Å². The summed E-state index contributed by atoms with van der Waals surface area (Å²) in [5, 5.41) is 0. The molecule has 4 atom stereocenters. The molecular weight excluding hydrogens is 735 g/mol. The van der Waals surface area contributed by atoms with E-state index in [1.807, 2.05) is 81.6 Å². The number of hydrogen-bond donors (Lipinski definition) is 2. The minimum Gasteiger partial charge on any atom is -0.463 e. The first-order valence-electron chi connectivity index (χ1n) is 16.4. The number of esters is 2. The van der Waals surface area contributed by atoms with Crippen LogP contribution in [0.15, 0.2) is 0 Å². The van der Waals surface area contributed by atoms with E-state index < -0.39 is 64.6 Å². The van der Waals surface area contributed by atoms with Crippen molar-refractivity contribution < 1.29 is 73.3 Å². The summed E-state index contributed by atoms with van der Waals surface area (Å²) in [4.78, 5) is 44.9. The van der Waals surface area contributed by atoms with Crippen molar-refractivity contribution in [3.8, 4) is 0 Å². The summed E-state index contributed by atoms with van der Waals surface area (Å²) >= 11 is 0. The third-order valence-corrected chi connectivity index (χ3v) is 20.2. The van der Waals surface area contributed by atoms with Gasteiger partial charge in [-0.2, -0.15) is 0 Å². The van der Waals surface area contributed by atoms with Gasteiger partial charge in [-0.1, -0.05) is 13.8 Å². The molecule has 0 aromatic heterocycles. The highest BCUT2D eigenvalue weighted by Crippen LogP contribution is 2.43. The monoisotopic (exact) mass is 800 g/mol. The molecule has 0 amide bonds. The summed E-state index contributed by atoms with van der Waals surface area (Å²) in [6.45, 7) is 15.6. The van der Waals surface area contributed by atoms with Crippen LogP contribution in [-0.2, 0) is 54.5 Å². The summed E-state index contributed by atoms with van der Waals surface area (Å²) in [7, 11) is -4.47. The highest BCUT2D eigenvalue weighted by atomic mass is 31.2. The Bertz CT molecular complexity index is 1050. The zero-order valence-corrected chi connectivity index (χ0v) is 37.1. The lowest BCUT2D eigenvalue weighted by molar-refractivity contribution is -0.870. The first-order chi connectivity index (χ1) is 21.9. The van der Waals surface area contributed by atoms with E-state index in [1.165, 1.54) is 0 Å². The third kappa shape index (κ3) is 26.1. The van der Waals surface area contributed by atoms with Crippen molar-refractivity contribution in [1.82, 2.24) is 0 Å². The van der Waals surface area contributed by atoms with Gasteiger partial charge in [-0.3, -0.25) is 27.7 Å². The first-order valence-corrected chi connectivity index (χ1v) is 28.5. The van der Waals surface area contributed by atoms with Gasteiger partial charge in [-0.25, -0.2) is 9.13 Å². The number of phosphoric ester groups is 2. The van der Waals surface area contributed by atoms with E-state index in [2.05, 4.69) is 0 Å². The summed E-state index contributed by atoms with van der Waals surface area (Å²) in [6, 6.07) is 0.932. The fourth-order valence-electron chi connectivity index (χ4n) is 4.89. The number of ether oxygens (including phenoxy) is 2. The molecule has 292 valence electrons. The maximum absolute atomic E-state index is 12.7. The molecule has 0 heterocycles. The lowest BCUT2D eigenvalue weighted by Gasteiger charge is -2.39. The topological polar surface area (TPSA) is 183 Å².